The molecule has 0 spiro atoms. The van der Waals surface area contributed by atoms with Gasteiger partial charge in [0.1, 0.15) is 24.1 Å². The van der Waals surface area contributed by atoms with Gasteiger partial charge in [-0.25, -0.2) is 4.39 Å². The lowest BCUT2D eigenvalue weighted by atomic mass is 10.1. The van der Waals surface area contributed by atoms with E-state index in [1.807, 2.05) is 13.0 Å². The third kappa shape index (κ3) is 4.65. The lowest BCUT2D eigenvalue weighted by molar-refractivity contribution is -0.157. The summed E-state index contributed by atoms with van der Waals surface area (Å²) in [6, 6.07) is 6.70. The summed E-state index contributed by atoms with van der Waals surface area (Å²) in [4.78, 5) is 21.3. The molecule has 1 unspecified atom stereocenters. The Balaban J connectivity index is 0.000000184. The van der Waals surface area contributed by atoms with Crippen LogP contribution in [-0.2, 0) is 14.3 Å². The van der Waals surface area contributed by atoms with Gasteiger partial charge in [0.05, 0.1) is 0 Å². The Hall–Kier alpha value is -1.71. The van der Waals surface area contributed by atoms with Gasteiger partial charge in [-0.05, 0) is 25.0 Å². The van der Waals surface area contributed by atoms with Gasteiger partial charge >= 0.3 is 5.97 Å². The number of esters is 1. The number of Topliss-reactive ketones (excluding diaryl/α,β-unsaturated/α-hetero) is 1. The molecule has 0 aliphatic carbocycles. The van der Waals surface area contributed by atoms with Crippen molar-refractivity contribution < 1.29 is 18.7 Å². The molecule has 1 heterocycles. The van der Waals surface area contributed by atoms with Crippen molar-refractivity contribution in [2.75, 3.05) is 0 Å². The lowest BCUT2D eigenvalue weighted by Crippen LogP contribution is -2.28. The van der Waals surface area contributed by atoms with Crippen LogP contribution in [0, 0.1) is 12.7 Å². The van der Waals surface area contributed by atoms with E-state index in [4.69, 9.17) is 4.74 Å². The van der Waals surface area contributed by atoms with E-state index in [1.54, 1.807) is 19.1 Å². The molecule has 0 amide bonds. The summed E-state index contributed by atoms with van der Waals surface area (Å²) >= 11 is 0. The molecule has 2 rings (SSSR count). The molecule has 1 saturated heterocycles. The average Bonchev–Trinajstić information content (AvgIpc) is 2.32. The van der Waals surface area contributed by atoms with Crippen LogP contribution < -0.4 is 0 Å². The number of ether oxygens (including phenoxy) is 1. The first-order chi connectivity index (χ1) is 8.52. The zero-order valence-electron chi connectivity index (χ0n) is 10.6. The standard InChI is InChI=1S/C7H7F.C7H10O3/c1-6-4-2-3-5-7(6)8;1-2-6-3-5(8)4-7(9)10-6/h2-5H,1H3;6H,2-4H2,1H3. The zero-order chi connectivity index (χ0) is 13.5. The van der Waals surface area contributed by atoms with Crippen LogP contribution in [0.5, 0.6) is 0 Å². The fourth-order valence-corrected chi connectivity index (χ4v) is 1.53. The Morgan fingerprint density at radius 3 is 2.44 bits per heavy atom. The van der Waals surface area contributed by atoms with Crippen LogP contribution in [0.25, 0.3) is 0 Å². The molecule has 1 aromatic rings. The number of rotatable bonds is 1. The maximum atomic E-state index is 12.3. The minimum absolute atomic E-state index is 0.00287. The Morgan fingerprint density at radius 1 is 1.33 bits per heavy atom. The number of benzene rings is 1. The van der Waals surface area contributed by atoms with Gasteiger partial charge in [0.15, 0.2) is 0 Å². The van der Waals surface area contributed by atoms with Crippen LogP contribution in [0.1, 0.15) is 31.7 Å². The molecule has 0 radical (unpaired) electrons. The van der Waals surface area contributed by atoms with E-state index in [0.29, 0.717) is 12.0 Å². The van der Waals surface area contributed by atoms with E-state index >= 15 is 0 Å². The van der Waals surface area contributed by atoms with Gasteiger partial charge in [-0.1, -0.05) is 25.1 Å². The number of halogens is 1. The van der Waals surface area contributed by atoms with Crippen molar-refractivity contribution in [1.82, 2.24) is 0 Å². The van der Waals surface area contributed by atoms with E-state index in [2.05, 4.69) is 0 Å². The molecule has 0 N–H and O–H groups in total. The summed E-state index contributed by atoms with van der Waals surface area (Å²) in [6.45, 7) is 3.64. The number of carbonyl (C=O) groups is 2. The Morgan fingerprint density at radius 2 is 2.00 bits per heavy atom. The zero-order valence-corrected chi connectivity index (χ0v) is 10.6. The molecule has 18 heavy (non-hydrogen) atoms. The molecule has 0 aromatic heterocycles. The van der Waals surface area contributed by atoms with Crippen LogP contribution in [-0.4, -0.2) is 17.9 Å². The van der Waals surface area contributed by atoms with Crippen molar-refractivity contribution >= 4 is 11.8 Å². The van der Waals surface area contributed by atoms with Crippen LogP contribution in [0.4, 0.5) is 4.39 Å². The second-order valence-corrected chi connectivity index (χ2v) is 4.19. The first kappa shape index (κ1) is 14.4. The molecular weight excluding hydrogens is 235 g/mol. The molecule has 1 atom stereocenters. The quantitative estimate of drug-likeness (QED) is 0.570. The molecule has 1 fully saturated rings. The van der Waals surface area contributed by atoms with Crippen molar-refractivity contribution in [2.24, 2.45) is 0 Å². The van der Waals surface area contributed by atoms with Crippen molar-refractivity contribution in [2.45, 2.75) is 39.2 Å². The third-order valence-corrected chi connectivity index (χ3v) is 2.63. The summed E-state index contributed by atoms with van der Waals surface area (Å²) < 4.78 is 17.2. The number of aryl methyl sites for hydroxylation is 1. The number of hydrogen-bond donors (Lipinski definition) is 0. The maximum Gasteiger partial charge on any atom is 0.313 e. The van der Waals surface area contributed by atoms with Crippen molar-refractivity contribution in [3.05, 3.63) is 35.6 Å². The minimum Gasteiger partial charge on any atom is -0.462 e. The molecule has 4 heteroatoms. The molecular formula is C14H17FO3. The van der Waals surface area contributed by atoms with Crippen molar-refractivity contribution in [3.8, 4) is 0 Å². The van der Waals surface area contributed by atoms with Gasteiger partial charge in [0, 0.05) is 6.42 Å². The topological polar surface area (TPSA) is 43.4 Å². The molecule has 98 valence electrons. The predicted octanol–water partition coefficient (Wildman–Crippen LogP) is 2.81. The highest BCUT2D eigenvalue weighted by Gasteiger charge is 2.24. The minimum atomic E-state index is -0.372. The van der Waals surface area contributed by atoms with E-state index in [1.165, 1.54) is 6.07 Å². The molecule has 0 saturated carbocycles. The highest BCUT2D eigenvalue weighted by atomic mass is 19.1. The summed E-state index contributed by atoms with van der Waals surface area (Å²) in [5.41, 5.74) is 0.701. The number of hydrogen-bond acceptors (Lipinski definition) is 3. The first-order valence-electron chi connectivity index (χ1n) is 5.95. The van der Waals surface area contributed by atoms with E-state index in [-0.39, 0.29) is 30.1 Å². The van der Waals surface area contributed by atoms with Gasteiger partial charge < -0.3 is 4.74 Å². The Labute approximate surface area is 106 Å². The van der Waals surface area contributed by atoms with Crippen LogP contribution in [0.15, 0.2) is 24.3 Å². The van der Waals surface area contributed by atoms with Gasteiger partial charge in [0.2, 0.25) is 0 Å². The van der Waals surface area contributed by atoms with Crippen LogP contribution in [0.2, 0.25) is 0 Å². The molecule has 0 bridgehead atoms. The summed E-state index contributed by atoms with van der Waals surface area (Å²) in [5, 5.41) is 0. The van der Waals surface area contributed by atoms with Gasteiger partial charge in [0.25, 0.3) is 0 Å². The highest BCUT2D eigenvalue weighted by molar-refractivity contribution is 5.97. The Bertz CT molecular complexity index is 392. The van der Waals surface area contributed by atoms with Gasteiger partial charge in [-0.3, -0.25) is 9.59 Å². The summed E-state index contributed by atoms with van der Waals surface area (Å²) in [5.74, 6) is -0.501. The van der Waals surface area contributed by atoms with Gasteiger partial charge in [-0.15, -0.1) is 0 Å². The molecule has 1 aliphatic rings. The highest BCUT2D eigenvalue weighted by Crippen LogP contribution is 2.13. The summed E-state index contributed by atoms with van der Waals surface area (Å²) in [7, 11) is 0. The maximum absolute atomic E-state index is 12.3. The number of carbonyl (C=O) groups excluding carboxylic acids is 2. The smallest absolute Gasteiger partial charge is 0.313 e. The van der Waals surface area contributed by atoms with Crippen molar-refractivity contribution in [3.63, 3.8) is 0 Å². The second-order valence-electron chi connectivity index (χ2n) is 4.19. The second kappa shape index (κ2) is 6.89. The SMILES string of the molecule is CCC1CC(=O)CC(=O)O1.Cc1ccccc1F. The average molecular weight is 252 g/mol. The summed E-state index contributed by atoms with van der Waals surface area (Å²) in [6.07, 6.45) is 0.949. The fraction of sp³-hybridized carbons (Fsp3) is 0.429. The van der Waals surface area contributed by atoms with E-state index in [9.17, 15) is 14.0 Å². The largest absolute Gasteiger partial charge is 0.462 e. The predicted molar refractivity (Wildman–Crippen MR) is 65.5 cm³/mol. The monoisotopic (exact) mass is 252 g/mol. The van der Waals surface area contributed by atoms with Crippen molar-refractivity contribution in [1.29, 1.82) is 0 Å². The first-order valence-corrected chi connectivity index (χ1v) is 5.95. The van der Waals surface area contributed by atoms with Crippen LogP contribution in [0.3, 0.4) is 0 Å². The third-order valence-electron chi connectivity index (χ3n) is 2.63. The van der Waals surface area contributed by atoms with E-state index in [0.717, 1.165) is 6.42 Å². The molecule has 1 aromatic carbocycles. The number of cyclic esters (lactones) is 1. The van der Waals surface area contributed by atoms with Crippen LogP contribution >= 0.6 is 0 Å². The molecule has 3 nitrogen and oxygen atoms in total. The lowest BCUT2D eigenvalue weighted by Gasteiger charge is -2.19. The Kier molecular flexibility index (Phi) is 5.49. The van der Waals surface area contributed by atoms with Gasteiger partial charge in [-0.2, -0.15) is 0 Å². The fourth-order valence-electron chi connectivity index (χ4n) is 1.53. The van der Waals surface area contributed by atoms with E-state index < -0.39 is 0 Å². The normalized spacial score (nSPS) is 18.7. The number of ketones is 1. The molecule has 1 aliphatic heterocycles.